The summed E-state index contributed by atoms with van der Waals surface area (Å²) in [5.74, 6) is -0.00736. The van der Waals surface area contributed by atoms with Gasteiger partial charge in [-0.05, 0) is 12.8 Å². The molecule has 1 saturated carbocycles. The fourth-order valence-corrected chi connectivity index (χ4v) is 3.96. The molecule has 1 aliphatic carbocycles. The molecule has 0 atom stereocenters. The quantitative estimate of drug-likeness (QED) is 0.667. The van der Waals surface area contributed by atoms with Crippen molar-refractivity contribution in [3.05, 3.63) is 0 Å². The van der Waals surface area contributed by atoms with Crippen LogP contribution >= 0.6 is 0 Å². The highest BCUT2D eigenvalue weighted by atomic mass is 32.2. The van der Waals surface area contributed by atoms with Gasteiger partial charge >= 0.3 is 0 Å². The van der Waals surface area contributed by atoms with Crippen LogP contribution in [0.25, 0.3) is 0 Å². The normalized spacial score (nSPS) is 20.3. The molecular formula is C10H20N2O3S. The van der Waals surface area contributed by atoms with Crippen molar-refractivity contribution in [2.45, 2.75) is 44.6 Å². The highest BCUT2D eigenvalue weighted by Crippen LogP contribution is 2.28. The zero-order chi connectivity index (χ0) is 12.1. The third-order valence-electron chi connectivity index (χ3n) is 3.01. The molecule has 5 nitrogen and oxygen atoms in total. The van der Waals surface area contributed by atoms with Gasteiger partial charge in [0.15, 0.2) is 0 Å². The second-order valence-electron chi connectivity index (χ2n) is 4.36. The lowest BCUT2D eigenvalue weighted by molar-refractivity contribution is -0.111. The smallest absolute Gasteiger partial charge is 0.213 e. The third kappa shape index (κ3) is 3.75. The highest BCUT2D eigenvalue weighted by molar-refractivity contribution is 7.89. The van der Waals surface area contributed by atoms with Crippen molar-refractivity contribution in [3.63, 3.8) is 0 Å². The van der Waals surface area contributed by atoms with Crippen LogP contribution in [0.1, 0.15) is 39.0 Å². The molecule has 1 amide bonds. The van der Waals surface area contributed by atoms with Crippen molar-refractivity contribution in [1.29, 1.82) is 0 Å². The summed E-state index contributed by atoms with van der Waals surface area (Å²) in [5, 5.41) is 2.71. The third-order valence-corrected chi connectivity index (χ3v) is 4.67. The molecule has 0 radical (unpaired) electrons. The Hall–Kier alpha value is -0.620. The van der Waals surface area contributed by atoms with E-state index >= 15 is 0 Å². The minimum atomic E-state index is -3.28. The van der Waals surface area contributed by atoms with E-state index in [0.29, 0.717) is 13.0 Å². The van der Waals surface area contributed by atoms with Crippen molar-refractivity contribution >= 4 is 16.4 Å². The molecule has 0 aromatic carbocycles. The summed E-state index contributed by atoms with van der Waals surface area (Å²) >= 11 is 0. The Kier molecular flexibility index (Phi) is 4.73. The van der Waals surface area contributed by atoms with Crippen molar-refractivity contribution in [3.8, 4) is 0 Å². The minimum absolute atomic E-state index is 0.00736. The SMILES string of the molecule is CCNS(=O)(=O)CC1(NC=O)CCCCC1. The van der Waals surface area contributed by atoms with E-state index in [1.165, 1.54) is 0 Å². The van der Waals surface area contributed by atoms with Gasteiger partial charge in [-0.25, -0.2) is 13.1 Å². The molecule has 0 bridgehead atoms. The van der Waals surface area contributed by atoms with Crippen LogP contribution in [0.2, 0.25) is 0 Å². The molecule has 2 N–H and O–H groups in total. The summed E-state index contributed by atoms with van der Waals surface area (Å²) in [5.41, 5.74) is -0.555. The molecule has 0 saturated heterocycles. The highest BCUT2D eigenvalue weighted by Gasteiger charge is 2.36. The lowest BCUT2D eigenvalue weighted by atomic mass is 9.83. The maximum atomic E-state index is 11.7. The van der Waals surface area contributed by atoms with E-state index in [9.17, 15) is 13.2 Å². The standard InChI is InChI=1S/C10H20N2O3S/c1-2-12-16(14,15)8-10(11-9-13)6-4-3-5-7-10/h9,12H,2-8H2,1H3,(H,11,13). The minimum Gasteiger partial charge on any atom is -0.352 e. The summed E-state index contributed by atoms with van der Waals surface area (Å²) in [7, 11) is -3.28. The van der Waals surface area contributed by atoms with Gasteiger partial charge in [-0.3, -0.25) is 4.79 Å². The number of carbonyl (C=O) groups is 1. The molecule has 94 valence electrons. The Morgan fingerprint density at radius 2 is 1.88 bits per heavy atom. The first-order chi connectivity index (χ1) is 7.54. The molecule has 6 heteroatoms. The maximum absolute atomic E-state index is 11.7. The second-order valence-corrected chi connectivity index (χ2v) is 6.17. The molecule has 1 aliphatic rings. The van der Waals surface area contributed by atoms with Gasteiger partial charge in [0.2, 0.25) is 16.4 Å². The van der Waals surface area contributed by atoms with Gasteiger partial charge < -0.3 is 5.32 Å². The lowest BCUT2D eigenvalue weighted by Gasteiger charge is -2.36. The first-order valence-electron chi connectivity index (χ1n) is 5.72. The summed E-state index contributed by atoms with van der Waals surface area (Å²) < 4.78 is 25.9. The van der Waals surface area contributed by atoms with Gasteiger partial charge in [0.1, 0.15) is 0 Å². The fourth-order valence-electron chi connectivity index (χ4n) is 2.32. The lowest BCUT2D eigenvalue weighted by Crippen LogP contribution is -2.53. The number of nitrogens with one attached hydrogen (secondary N) is 2. The van der Waals surface area contributed by atoms with E-state index < -0.39 is 15.6 Å². The molecule has 16 heavy (non-hydrogen) atoms. The van der Waals surface area contributed by atoms with E-state index in [1.807, 2.05) is 0 Å². The average Bonchev–Trinajstić information content (AvgIpc) is 2.17. The average molecular weight is 248 g/mol. The predicted octanol–water partition coefficient (Wildman–Crippen LogP) is 0.375. The van der Waals surface area contributed by atoms with Crippen LogP contribution in [-0.2, 0) is 14.8 Å². The van der Waals surface area contributed by atoms with Crippen molar-refractivity contribution in [1.82, 2.24) is 10.0 Å². The molecule has 0 heterocycles. The zero-order valence-corrected chi connectivity index (χ0v) is 10.5. The number of hydrogen-bond donors (Lipinski definition) is 2. The van der Waals surface area contributed by atoms with E-state index in [2.05, 4.69) is 10.0 Å². The molecule has 1 rings (SSSR count). The maximum Gasteiger partial charge on any atom is 0.213 e. The van der Waals surface area contributed by atoms with Gasteiger partial charge in [-0.1, -0.05) is 26.2 Å². The van der Waals surface area contributed by atoms with Crippen LogP contribution < -0.4 is 10.0 Å². The Balaban J connectivity index is 2.73. The molecule has 0 aliphatic heterocycles. The number of amides is 1. The van der Waals surface area contributed by atoms with Gasteiger partial charge in [-0.15, -0.1) is 0 Å². The largest absolute Gasteiger partial charge is 0.352 e. The van der Waals surface area contributed by atoms with Crippen LogP contribution in [0.4, 0.5) is 0 Å². The Bertz CT molecular complexity index is 321. The number of rotatable bonds is 6. The van der Waals surface area contributed by atoms with Crippen LogP contribution in [0.15, 0.2) is 0 Å². The number of sulfonamides is 1. The topological polar surface area (TPSA) is 75.3 Å². The van der Waals surface area contributed by atoms with Crippen LogP contribution in [0.3, 0.4) is 0 Å². The molecule has 0 spiro atoms. The number of carbonyl (C=O) groups excluding carboxylic acids is 1. The summed E-state index contributed by atoms with van der Waals surface area (Å²) in [6.45, 7) is 2.14. The van der Waals surface area contributed by atoms with E-state index in [1.54, 1.807) is 6.92 Å². The molecule has 0 unspecified atom stereocenters. The molecule has 0 aromatic heterocycles. The molecule has 0 aromatic rings. The fraction of sp³-hybridized carbons (Fsp3) is 0.900. The van der Waals surface area contributed by atoms with Crippen molar-refractivity contribution in [2.75, 3.05) is 12.3 Å². The van der Waals surface area contributed by atoms with Gasteiger partial charge in [0.25, 0.3) is 0 Å². The van der Waals surface area contributed by atoms with Crippen molar-refractivity contribution < 1.29 is 13.2 Å². The van der Waals surface area contributed by atoms with Crippen LogP contribution in [-0.4, -0.2) is 32.7 Å². The first-order valence-corrected chi connectivity index (χ1v) is 7.37. The number of hydrogen-bond acceptors (Lipinski definition) is 3. The molecular weight excluding hydrogens is 228 g/mol. The van der Waals surface area contributed by atoms with E-state index in [0.717, 1.165) is 32.1 Å². The molecule has 1 fully saturated rings. The Morgan fingerprint density at radius 3 is 2.38 bits per heavy atom. The Morgan fingerprint density at radius 1 is 1.25 bits per heavy atom. The first kappa shape index (κ1) is 13.4. The zero-order valence-electron chi connectivity index (χ0n) is 9.66. The monoisotopic (exact) mass is 248 g/mol. The van der Waals surface area contributed by atoms with Gasteiger partial charge in [0.05, 0.1) is 11.3 Å². The van der Waals surface area contributed by atoms with Gasteiger partial charge in [-0.2, -0.15) is 0 Å². The summed E-state index contributed by atoms with van der Waals surface area (Å²) in [6.07, 6.45) is 5.17. The van der Waals surface area contributed by atoms with Gasteiger partial charge in [0, 0.05) is 6.54 Å². The van der Waals surface area contributed by atoms with Crippen molar-refractivity contribution in [2.24, 2.45) is 0 Å². The Labute approximate surface area is 97.0 Å². The summed E-state index contributed by atoms with van der Waals surface area (Å²) in [4.78, 5) is 10.6. The van der Waals surface area contributed by atoms with Crippen LogP contribution in [0, 0.1) is 0 Å². The van der Waals surface area contributed by atoms with E-state index in [4.69, 9.17) is 0 Å². The van der Waals surface area contributed by atoms with E-state index in [-0.39, 0.29) is 5.75 Å². The van der Waals surface area contributed by atoms with Crippen LogP contribution in [0.5, 0.6) is 0 Å². The predicted molar refractivity (Wildman–Crippen MR) is 62.5 cm³/mol. The second kappa shape index (κ2) is 5.63. The summed E-state index contributed by atoms with van der Waals surface area (Å²) in [6, 6.07) is 0.